The van der Waals surface area contributed by atoms with Gasteiger partial charge in [-0.05, 0) is 55.4 Å². The monoisotopic (exact) mass is 401 g/mol. The number of carbonyl (C=O) groups is 1. The van der Waals surface area contributed by atoms with E-state index in [1.807, 2.05) is 23.1 Å². The van der Waals surface area contributed by atoms with E-state index in [0.29, 0.717) is 11.6 Å². The summed E-state index contributed by atoms with van der Waals surface area (Å²) in [6.45, 7) is 3.73. The van der Waals surface area contributed by atoms with Crippen LogP contribution in [0.1, 0.15) is 48.1 Å². The maximum atomic E-state index is 13.1. The molecule has 0 bridgehead atoms. The largest absolute Gasteiger partial charge is 0.441 e. The molecule has 1 aliphatic rings. The zero-order valence-corrected chi connectivity index (χ0v) is 17.4. The molecule has 0 spiro atoms. The molecule has 2 aromatic heterocycles. The molecule has 0 atom stereocenters. The Morgan fingerprint density at radius 1 is 1.17 bits per heavy atom. The van der Waals surface area contributed by atoms with Crippen LogP contribution in [-0.4, -0.2) is 33.9 Å². The fourth-order valence-corrected chi connectivity index (χ4v) is 4.53. The van der Waals surface area contributed by atoms with Crippen LogP contribution in [0.25, 0.3) is 22.0 Å². The minimum absolute atomic E-state index is 0.0785. The topological polar surface area (TPSA) is 62.1 Å². The van der Waals surface area contributed by atoms with Gasteiger partial charge >= 0.3 is 0 Å². The zero-order chi connectivity index (χ0) is 20.5. The molecular formula is C25H27N3O2. The molecule has 0 aliphatic carbocycles. The summed E-state index contributed by atoms with van der Waals surface area (Å²) < 4.78 is 5.84. The standard InChI is InChI=1S/C25H27N3O2/c1-2-6-22-27-24-21(30-22)10-9-19-16-20(26-23(19)24)25(29)28-13-11-18(12-14-28)15-17-7-4-3-5-8-17/h3-5,7-10,16,18,26H,2,6,11-15H2,1H3. The number of hydrogen-bond acceptors (Lipinski definition) is 3. The van der Waals surface area contributed by atoms with E-state index in [-0.39, 0.29) is 5.91 Å². The summed E-state index contributed by atoms with van der Waals surface area (Å²) in [5.41, 5.74) is 4.50. The van der Waals surface area contributed by atoms with E-state index in [4.69, 9.17) is 4.42 Å². The van der Waals surface area contributed by atoms with Crippen molar-refractivity contribution in [3.63, 3.8) is 0 Å². The first kappa shape index (κ1) is 18.9. The number of nitrogens with zero attached hydrogens (tertiary/aromatic N) is 2. The number of likely N-dealkylation sites (tertiary alicyclic amines) is 1. The molecule has 0 unspecified atom stereocenters. The fourth-order valence-electron chi connectivity index (χ4n) is 4.53. The Labute approximate surface area is 176 Å². The molecular weight excluding hydrogens is 374 g/mol. The summed E-state index contributed by atoms with van der Waals surface area (Å²) in [5, 5.41) is 1.00. The third-order valence-electron chi connectivity index (χ3n) is 6.16. The van der Waals surface area contributed by atoms with Crippen molar-refractivity contribution < 1.29 is 9.21 Å². The lowest BCUT2D eigenvalue weighted by Gasteiger charge is -2.31. The van der Waals surface area contributed by atoms with E-state index in [1.54, 1.807) is 0 Å². The van der Waals surface area contributed by atoms with Crippen molar-refractivity contribution >= 4 is 27.9 Å². The van der Waals surface area contributed by atoms with Gasteiger partial charge in [0.05, 0.1) is 5.52 Å². The molecule has 2 aromatic carbocycles. The molecule has 5 rings (SSSR count). The number of H-pyrrole nitrogens is 1. The van der Waals surface area contributed by atoms with Crippen molar-refractivity contribution in [1.29, 1.82) is 0 Å². The quantitative estimate of drug-likeness (QED) is 0.490. The number of aromatic nitrogens is 2. The SMILES string of the molecule is CCCc1nc2c(ccc3cc(C(=O)N4CCC(Cc5ccccc5)CC4)[nH]c32)o1. The molecule has 5 nitrogen and oxygen atoms in total. The van der Waals surface area contributed by atoms with E-state index in [2.05, 4.69) is 47.2 Å². The lowest BCUT2D eigenvalue weighted by atomic mass is 9.90. The molecule has 30 heavy (non-hydrogen) atoms. The molecule has 1 N–H and O–H groups in total. The number of nitrogens with one attached hydrogen (secondary N) is 1. The number of piperidine rings is 1. The van der Waals surface area contributed by atoms with Crippen LogP contribution in [0.5, 0.6) is 0 Å². The van der Waals surface area contributed by atoms with Crippen molar-refractivity contribution in [3.05, 3.63) is 65.7 Å². The van der Waals surface area contributed by atoms with Crippen LogP contribution in [0.15, 0.2) is 52.9 Å². The maximum Gasteiger partial charge on any atom is 0.270 e. The van der Waals surface area contributed by atoms with Gasteiger partial charge < -0.3 is 14.3 Å². The van der Waals surface area contributed by atoms with Crippen LogP contribution in [0.3, 0.4) is 0 Å². The highest BCUT2D eigenvalue weighted by atomic mass is 16.3. The van der Waals surface area contributed by atoms with Crippen LogP contribution >= 0.6 is 0 Å². The van der Waals surface area contributed by atoms with Crippen molar-refractivity contribution in [3.8, 4) is 0 Å². The third kappa shape index (κ3) is 3.60. The predicted molar refractivity (Wildman–Crippen MR) is 119 cm³/mol. The molecule has 5 heteroatoms. The predicted octanol–water partition coefficient (Wildman–Crippen LogP) is 5.36. The highest BCUT2D eigenvalue weighted by Crippen LogP contribution is 2.28. The van der Waals surface area contributed by atoms with E-state index >= 15 is 0 Å². The Balaban J connectivity index is 1.31. The lowest BCUT2D eigenvalue weighted by Crippen LogP contribution is -2.39. The van der Waals surface area contributed by atoms with Gasteiger partial charge in [0, 0.05) is 24.9 Å². The number of amides is 1. The first-order valence-electron chi connectivity index (χ1n) is 11.0. The summed E-state index contributed by atoms with van der Waals surface area (Å²) >= 11 is 0. The van der Waals surface area contributed by atoms with Gasteiger partial charge in [-0.25, -0.2) is 4.98 Å². The Hall–Kier alpha value is -3.08. The minimum Gasteiger partial charge on any atom is -0.441 e. The summed E-state index contributed by atoms with van der Waals surface area (Å²) in [6.07, 6.45) is 5.01. The highest BCUT2D eigenvalue weighted by molar-refractivity contribution is 6.06. The van der Waals surface area contributed by atoms with Gasteiger partial charge in [0.15, 0.2) is 11.5 Å². The Bertz CT molecular complexity index is 1170. The minimum atomic E-state index is 0.0785. The van der Waals surface area contributed by atoms with Crippen LogP contribution in [-0.2, 0) is 12.8 Å². The van der Waals surface area contributed by atoms with Crippen LogP contribution in [0.2, 0.25) is 0 Å². The van der Waals surface area contributed by atoms with Gasteiger partial charge in [0.25, 0.3) is 5.91 Å². The van der Waals surface area contributed by atoms with Gasteiger partial charge in [-0.1, -0.05) is 37.3 Å². The number of fused-ring (bicyclic) bond motifs is 3. The third-order valence-corrected chi connectivity index (χ3v) is 6.16. The average molecular weight is 402 g/mol. The molecule has 154 valence electrons. The summed E-state index contributed by atoms with van der Waals surface area (Å²) in [7, 11) is 0. The number of aromatic amines is 1. The second kappa shape index (κ2) is 7.98. The maximum absolute atomic E-state index is 13.1. The Kier molecular flexibility index (Phi) is 5.03. The number of rotatable bonds is 5. The van der Waals surface area contributed by atoms with E-state index in [1.165, 1.54) is 5.56 Å². The average Bonchev–Trinajstić information content (AvgIpc) is 3.38. The second-order valence-corrected chi connectivity index (χ2v) is 8.34. The molecule has 0 radical (unpaired) electrons. The van der Waals surface area contributed by atoms with E-state index in [9.17, 15) is 4.79 Å². The molecule has 4 aromatic rings. The number of oxazole rings is 1. The summed E-state index contributed by atoms with van der Waals surface area (Å²) in [6, 6.07) is 16.5. The summed E-state index contributed by atoms with van der Waals surface area (Å²) in [5.74, 6) is 1.48. The van der Waals surface area contributed by atoms with E-state index in [0.717, 1.165) is 73.1 Å². The smallest absolute Gasteiger partial charge is 0.270 e. The van der Waals surface area contributed by atoms with Gasteiger partial charge in [-0.3, -0.25) is 4.79 Å². The fraction of sp³-hybridized carbons (Fsp3) is 0.360. The van der Waals surface area contributed by atoms with Gasteiger partial charge in [-0.2, -0.15) is 0 Å². The summed E-state index contributed by atoms with van der Waals surface area (Å²) in [4.78, 5) is 23.1. The number of aryl methyl sites for hydroxylation is 1. The molecule has 0 saturated carbocycles. The lowest BCUT2D eigenvalue weighted by molar-refractivity contribution is 0.0685. The van der Waals surface area contributed by atoms with Gasteiger partial charge in [-0.15, -0.1) is 0 Å². The molecule has 1 amide bonds. The first-order chi connectivity index (χ1) is 14.7. The van der Waals surface area contributed by atoms with Gasteiger partial charge in [0.1, 0.15) is 11.2 Å². The Morgan fingerprint density at radius 3 is 2.73 bits per heavy atom. The first-order valence-corrected chi connectivity index (χ1v) is 11.0. The molecule has 3 heterocycles. The van der Waals surface area contributed by atoms with Crippen LogP contribution < -0.4 is 0 Å². The zero-order valence-electron chi connectivity index (χ0n) is 17.4. The van der Waals surface area contributed by atoms with Crippen LogP contribution in [0.4, 0.5) is 0 Å². The van der Waals surface area contributed by atoms with Gasteiger partial charge in [0.2, 0.25) is 0 Å². The highest BCUT2D eigenvalue weighted by Gasteiger charge is 2.25. The van der Waals surface area contributed by atoms with Crippen LogP contribution in [0, 0.1) is 5.92 Å². The normalized spacial score (nSPS) is 15.3. The Morgan fingerprint density at radius 2 is 1.97 bits per heavy atom. The second-order valence-electron chi connectivity index (χ2n) is 8.34. The number of benzene rings is 2. The number of hydrogen-bond donors (Lipinski definition) is 1. The van der Waals surface area contributed by atoms with Crippen molar-refractivity contribution in [1.82, 2.24) is 14.9 Å². The molecule has 1 saturated heterocycles. The van der Waals surface area contributed by atoms with Crippen molar-refractivity contribution in [2.45, 2.75) is 39.0 Å². The van der Waals surface area contributed by atoms with Crippen molar-refractivity contribution in [2.75, 3.05) is 13.1 Å². The molecule has 1 aliphatic heterocycles. The number of carbonyl (C=O) groups excluding carboxylic acids is 1. The molecule has 1 fully saturated rings. The van der Waals surface area contributed by atoms with E-state index < -0.39 is 0 Å². The van der Waals surface area contributed by atoms with Crippen molar-refractivity contribution in [2.24, 2.45) is 5.92 Å².